The first-order valence-corrected chi connectivity index (χ1v) is 10.5. The summed E-state index contributed by atoms with van der Waals surface area (Å²) in [5, 5.41) is 8.39. The third-order valence-electron chi connectivity index (χ3n) is 4.87. The third-order valence-corrected chi connectivity index (χ3v) is 5.69. The van der Waals surface area contributed by atoms with E-state index in [9.17, 15) is 9.18 Å². The maximum absolute atomic E-state index is 13.6. The van der Waals surface area contributed by atoms with Gasteiger partial charge in [-0.15, -0.1) is 10.2 Å². The van der Waals surface area contributed by atoms with Crippen LogP contribution in [-0.4, -0.2) is 33.4 Å². The standard InChI is InChI=1S/C23H20FN3O3S/c1-14-11-19(15(2)27(14)17-8-6-7-16(24)12-17)20(28)13-31-23-26-25-22(30-23)18-9-4-5-10-21(18)29-3/h4-12H,13H2,1-3H3. The van der Waals surface area contributed by atoms with Crippen molar-refractivity contribution in [2.75, 3.05) is 12.9 Å². The average molecular weight is 437 g/mol. The van der Waals surface area contributed by atoms with Crippen LogP contribution >= 0.6 is 11.8 Å². The minimum Gasteiger partial charge on any atom is -0.496 e. The van der Waals surface area contributed by atoms with Gasteiger partial charge in [0.25, 0.3) is 11.1 Å². The Bertz CT molecular complexity index is 1250. The molecule has 0 amide bonds. The Morgan fingerprint density at radius 2 is 1.94 bits per heavy atom. The molecule has 2 aromatic carbocycles. The van der Waals surface area contributed by atoms with Crippen LogP contribution in [0.5, 0.6) is 5.75 Å². The number of para-hydroxylation sites is 1. The van der Waals surface area contributed by atoms with Crippen molar-refractivity contribution in [2.45, 2.75) is 19.1 Å². The number of hydrogen-bond donors (Lipinski definition) is 0. The van der Waals surface area contributed by atoms with Crippen LogP contribution in [0.1, 0.15) is 21.7 Å². The van der Waals surface area contributed by atoms with Gasteiger partial charge < -0.3 is 13.7 Å². The summed E-state index contributed by atoms with van der Waals surface area (Å²) in [6.07, 6.45) is 0. The van der Waals surface area contributed by atoms with E-state index in [0.717, 1.165) is 11.4 Å². The molecule has 0 spiro atoms. The van der Waals surface area contributed by atoms with E-state index < -0.39 is 0 Å². The van der Waals surface area contributed by atoms with Gasteiger partial charge in [0.2, 0.25) is 0 Å². The summed E-state index contributed by atoms with van der Waals surface area (Å²) in [7, 11) is 1.57. The lowest BCUT2D eigenvalue weighted by Gasteiger charge is -2.09. The number of Topliss-reactive ketones (excluding diaryl/α,β-unsaturated/α-hetero) is 1. The van der Waals surface area contributed by atoms with Crippen LogP contribution in [0.3, 0.4) is 0 Å². The Kier molecular flexibility index (Phi) is 5.90. The molecule has 0 N–H and O–H groups in total. The number of carbonyl (C=O) groups is 1. The maximum atomic E-state index is 13.6. The Hall–Kier alpha value is -3.39. The molecule has 8 heteroatoms. The van der Waals surface area contributed by atoms with Crippen LogP contribution in [0.15, 0.2) is 64.2 Å². The largest absolute Gasteiger partial charge is 0.496 e. The number of methoxy groups -OCH3 is 1. The molecule has 0 unspecified atom stereocenters. The topological polar surface area (TPSA) is 70.2 Å². The van der Waals surface area contributed by atoms with Gasteiger partial charge in [-0.25, -0.2) is 4.39 Å². The predicted octanol–water partition coefficient (Wildman–Crippen LogP) is 5.27. The second kappa shape index (κ2) is 8.77. The third kappa shape index (κ3) is 4.25. The molecule has 0 fully saturated rings. The molecule has 31 heavy (non-hydrogen) atoms. The monoisotopic (exact) mass is 437 g/mol. The summed E-state index contributed by atoms with van der Waals surface area (Å²) < 4.78 is 26.5. The summed E-state index contributed by atoms with van der Waals surface area (Å²) in [5.41, 5.74) is 3.56. The van der Waals surface area contributed by atoms with Crippen molar-refractivity contribution in [3.8, 4) is 22.9 Å². The number of benzene rings is 2. The Balaban J connectivity index is 1.50. The normalized spacial score (nSPS) is 11.0. The zero-order valence-electron chi connectivity index (χ0n) is 17.3. The number of thioether (sulfide) groups is 1. The molecular weight excluding hydrogens is 417 g/mol. The second-order valence-electron chi connectivity index (χ2n) is 6.89. The van der Waals surface area contributed by atoms with Gasteiger partial charge in [-0.3, -0.25) is 4.79 Å². The summed E-state index contributed by atoms with van der Waals surface area (Å²) in [4.78, 5) is 12.9. The van der Waals surface area contributed by atoms with Crippen LogP contribution in [0, 0.1) is 19.7 Å². The number of hydrogen-bond acceptors (Lipinski definition) is 6. The maximum Gasteiger partial charge on any atom is 0.277 e. The van der Waals surface area contributed by atoms with Crippen molar-refractivity contribution >= 4 is 17.5 Å². The SMILES string of the molecule is COc1ccccc1-c1nnc(SCC(=O)c2cc(C)n(-c3cccc(F)c3)c2C)o1. The van der Waals surface area contributed by atoms with Crippen LogP contribution < -0.4 is 4.74 Å². The molecule has 0 radical (unpaired) electrons. The fraction of sp³-hybridized carbons (Fsp3) is 0.174. The molecule has 4 rings (SSSR count). The van der Waals surface area contributed by atoms with Gasteiger partial charge in [0.1, 0.15) is 11.6 Å². The molecular formula is C23H20FN3O3S. The average Bonchev–Trinajstić information content (AvgIpc) is 3.36. The van der Waals surface area contributed by atoms with Crippen LogP contribution in [0.25, 0.3) is 17.1 Å². The lowest BCUT2D eigenvalue weighted by Crippen LogP contribution is -2.05. The Morgan fingerprint density at radius 1 is 1.13 bits per heavy atom. The molecule has 0 bridgehead atoms. The molecule has 0 aliphatic carbocycles. The first-order chi connectivity index (χ1) is 15.0. The predicted molar refractivity (Wildman–Crippen MR) is 117 cm³/mol. The number of carbonyl (C=O) groups excluding carboxylic acids is 1. The molecule has 2 heterocycles. The molecule has 6 nitrogen and oxygen atoms in total. The van der Waals surface area contributed by atoms with Gasteiger partial charge >= 0.3 is 0 Å². The van der Waals surface area contributed by atoms with Gasteiger partial charge in [0, 0.05) is 22.6 Å². The van der Waals surface area contributed by atoms with E-state index in [2.05, 4.69) is 10.2 Å². The summed E-state index contributed by atoms with van der Waals surface area (Å²) in [6.45, 7) is 3.74. The zero-order valence-corrected chi connectivity index (χ0v) is 18.1. The van der Waals surface area contributed by atoms with Gasteiger partial charge in [-0.1, -0.05) is 30.0 Å². The smallest absolute Gasteiger partial charge is 0.277 e. The summed E-state index contributed by atoms with van der Waals surface area (Å²) in [5.74, 6) is 0.704. The van der Waals surface area contributed by atoms with Gasteiger partial charge in [-0.2, -0.15) is 0 Å². The van der Waals surface area contributed by atoms with E-state index in [-0.39, 0.29) is 17.4 Å². The molecule has 0 saturated carbocycles. The van der Waals surface area contributed by atoms with Crippen molar-refractivity contribution in [1.29, 1.82) is 0 Å². The molecule has 158 valence electrons. The van der Waals surface area contributed by atoms with Gasteiger partial charge in [-0.05, 0) is 50.2 Å². The highest BCUT2D eigenvalue weighted by atomic mass is 32.2. The fourth-order valence-corrected chi connectivity index (χ4v) is 4.11. The van der Waals surface area contributed by atoms with Gasteiger partial charge in [0.15, 0.2) is 5.78 Å². The van der Waals surface area contributed by atoms with Crippen LogP contribution in [-0.2, 0) is 0 Å². The summed E-state index contributed by atoms with van der Waals surface area (Å²) in [6, 6.07) is 15.5. The number of aromatic nitrogens is 3. The molecule has 4 aromatic rings. The van der Waals surface area contributed by atoms with Crippen LogP contribution in [0.2, 0.25) is 0 Å². The Labute approximate surface area is 183 Å². The second-order valence-corrected chi connectivity index (χ2v) is 7.81. The highest BCUT2D eigenvalue weighted by molar-refractivity contribution is 7.99. The number of halogens is 1. The molecule has 0 atom stereocenters. The molecule has 0 aliphatic rings. The molecule has 0 saturated heterocycles. The van der Waals surface area contributed by atoms with Crippen molar-refractivity contribution < 1.29 is 18.3 Å². The number of ether oxygens (including phenoxy) is 1. The number of rotatable bonds is 7. The number of aryl methyl sites for hydroxylation is 1. The molecule has 2 aromatic heterocycles. The lowest BCUT2D eigenvalue weighted by molar-refractivity contribution is 0.102. The molecule has 0 aliphatic heterocycles. The fourth-order valence-electron chi connectivity index (χ4n) is 3.46. The zero-order chi connectivity index (χ0) is 22.0. The van der Waals surface area contributed by atoms with E-state index in [4.69, 9.17) is 9.15 Å². The van der Waals surface area contributed by atoms with Gasteiger partial charge in [0.05, 0.1) is 18.4 Å². The number of ketones is 1. The van der Waals surface area contributed by atoms with Crippen molar-refractivity contribution in [3.63, 3.8) is 0 Å². The minimum atomic E-state index is -0.323. The lowest BCUT2D eigenvalue weighted by atomic mass is 10.2. The quantitative estimate of drug-likeness (QED) is 0.290. The van der Waals surface area contributed by atoms with E-state index in [0.29, 0.717) is 33.7 Å². The van der Waals surface area contributed by atoms with Crippen molar-refractivity contribution in [3.05, 3.63) is 77.4 Å². The van der Waals surface area contributed by atoms with E-state index in [1.54, 1.807) is 13.2 Å². The number of nitrogens with zero attached hydrogens (tertiary/aromatic N) is 3. The minimum absolute atomic E-state index is 0.0715. The van der Waals surface area contributed by atoms with E-state index in [1.165, 1.54) is 23.9 Å². The first-order valence-electron chi connectivity index (χ1n) is 9.55. The van der Waals surface area contributed by atoms with Crippen LogP contribution in [0.4, 0.5) is 4.39 Å². The highest BCUT2D eigenvalue weighted by Crippen LogP contribution is 2.31. The van der Waals surface area contributed by atoms with Crippen molar-refractivity contribution in [2.24, 2.45) is 0 Å². The highest BCUT2D eigenvalue weighted by Gasteiger charge is 2.19. The van der Waals surface area contributed by atoms with Crippen molar-refractivity contribution in [1.82, 2.24) is 14.8 Å². The summed E-state index contributed by atoms with van der Waals surface area (Å²) >= 11 is 1.17. The van der Waals surface area contributed by atoms with E-state index >= 15 is 0 Å². The first kappa shape index (κ1) is 20.9. The van der Waals surface area contributed by atoms with E-state index in [1.807, 2.05) is 54.8 Å². The Morgan fingerprint density at radius 3 is 2.71 bits per heavy atom.